The van der Waals surface area contributed by atoms with Crippen LogP contribution in [0.4, 0.5) is 11.5 Å². The van der Waals surface area contributed by atoms with E-state index in [1.807, 2.05) is 31.2 Å². The van der Waals surface area contributed by atoms with E-state index in [-0.39, 0.29) is 6.04 Å². The van der Waals surface area contributed by atoms with Crippen LogP contribution < -0.4 is 15.8 Å². The molecular formula is C16H20BrN3O. The predicted octanol–water partition coefficient (Wildman–Crippen LogP) is 4.39. The lowest BCUT2D eigenvalue weighted by molar-refractivity contribution is 0.307. The van der Waals surface area contributed by atoms with Crippen molar-refractivity contribution in [3.63, 3.8) is 0 Å². The maximum absolute atomic E-state index is 5.87. The van der Waals surface area contributed by atoms with E-state index in [4.69, 9.17) is 10.5 Å². The van der Waals surface area contributed by atoms with Gasteiger partial charge in [-0.2, -0.15) is 4.98 Å². The summed E-state index contributed by atoms with van der Waals surface area (Å²) in [5.74, 6) is 1.25. The largest absolute Gasteiger partial charge is 0.476 e. The number of anilines is 2. The van der Waals surface area contributed by atoms with E-state index < -0.39 is 0 Å². The fourth-order valence-electron chi connectivity index (χ4n) is 1.90. The third-order valence-corrected chi connectivity index (χ3v) is 3.60. The lowest BCUT2D eigenvalue weighted by atomic mass is 10.1. The second-order valence-electron chi connectivity index (χ2n) is 4.86. The first-order valence-corrected chi connectivity index (χ1v) is 7.80. The summed E-state index contributed by atoms with van der Waals surface area (Å²) >= 11 is 3.44. The molecule has 4 nitrogen and oxygen atoms in total. The van der Waals surface area contributed by atoms with E-state index in [1.165, 1.54) is 5.56 Å². The first kappa shape index (κ1) is 15.6. The quantitative estimate of drug-likeness (QED) is 0.811. The number of nitrogen functional groups attached to an aromatic ring is 1. The number of ether oxygens (including phenoxy) is 1. The molecule has 21 heavy (non-hydrogen) atoms. The van der Waals surface area contributed by atoms with Gasteiger partial charge in [0.1, 0.15) is 5.82 Å². The highest BCUT2D eigenvalue weighted by atomic mass is 79.9. The van der Waals surface area contributed by atoms with E-state index in [9.17, 15) is 0 Å². The van der Waals surface area contributed by atoms with Crippen molar-refractivity contribution < 1.29 is 4.74 Å². The molecule has 0 saturated heterocycles. The van der Waals surface area contributed by atoms with E-state index in [2.05, 4.69) is 45.3 Å². The van der Waals surface area contributed by atoms with Crippen LogP contribution in [0.15, 0.2) is 40.9 Å². The molecule has 5 heteroatoms. The number of hydrogen-bond donors (Lipinski definition) is 2. The van der Waals surface area contributed by atoms with Crippen LogP contribution in [0.1, 0.15) is 31.9 Å². The molecule has 1 heterocycles. The molecule has 2 aromatic rings. The van der Waals surface area contributed by atoms with Gasteiger partial charge in [0, 0.05) is 10.5 Å². The van der Waals surface area contributed by atoms with Crippen molar-refractivity contribution in [2.24, 2.45) is 0 Å². The van der Waals surface area contributed by atoms with Crippen LogP contribution in [0.5, 0.6) is 5.88 Å². The zero-order valence-corrected chi connectivity index (χ0v) is 13.9. The molecule has 0 amide bonds. The van der Waals surface area contributed by atoms with Crippen LogP contribution >= 0.6 is 15.9 Å². The van der Waals surface area contributed by atoms with Crippen molar-refractivity contribution >= 4 is 27.4 Å². The summed E-state index contributed by atoms with van der Waals surface area (Å²) in [5.41, 5.74) is 7.62. The van der Waals surface area contributed by atoms with Crippen LogP contribution in [0.25, 0.3) is 0 Å². The third-order valence-electron chi connectivity index (χ3n) is 3.07. The maximum Gasteiger partial charge on any atom is 0.239 e. The highest BCUT2D eigenvalue weighted by Gasteiger charge is 2.08. The van der Waals surface area contributed by atoms with Crippen molar-refractivity contribution in [1.29, 1.82) is 0 Å². The van der Waals surface area contributed by atoms with Gasteiger partial charge in [0.25, 0.3) is 0 Å². The number of nitrogens with two attached hydrogens (primary N) is 1. The van der Waals surface area contributed by atoms with E-state index >= 15 is 0 Å². The Morgan fingerprint density at radius 2 is 1.95 bits per heavy atom. The number of rotatable bonds is 6. The monoisotopic (exact) mass is 349 g/mol. The van der Waals surface area contributed by atoms with Crippen LogP contribution in [-0.2, 0) is 0 Å². The zero-order chi connectivity index (χ0) is 15.2. The molecule has 2 rings (SSSR count). The highest BCUT2D eigenvalue weighted by Crippen LogP contribution is 2.24. The van der Waals surface area contributed by atoms with Gasteiger partial charge < -0.3 is 15.8 Å². The highest BCUT2D eigenvalue weighted by molar-refractivity contribution is 9.10. The van der Waals surface area contributed by atoms with Crippen molar-refractivity contribution in [3.05, 3.63) is 46.4 Å². The molecule has 0 aliphatic carbocycles. The molecule has 0 bridgehead atoms. The van der Waals surface area contributed by atoms with Crippen LogP contribution in [-0.4, -0.2) is 11.6 Å². The molecule has 0 aliphatic rings. The molecule has 112 valence electrons. The Balaban J connectivity index is 2.09. The summed E-state index contributed by atoms with van der Waals surface area (Å²) in [6.07, 6.45) is 0.925. The molecule has 3 N–H and O–H groups in total. The van der Waals surface area contributed by atoms with E-state index in [0.29, 0.717) is 18.2 Å². The van der Waals surface area contributed by atoms with Crippen molar-refractivity contribution in [3.8, 4) is 5.88 Å². The maximum atomic E-state index is 5.87. The SMILES string of the molecule is CCCOc1nc(NC(C)c2ccc(Br)cc2)ccc1N. The Bertz CT molecular complexity index is 587. The average Bonchev–Trinajstić information content (AvgIpc) is 2.48. The Morgan fingerprint density at radius 3 is 2.62 bits per heavy atom. The number of pyridine rings is 1. The Labute approximate surface area is 133 Å². The number of hydrogen-bond acceptors (Lipinski definition) is 4. The number of nitrogens with one attached hydrogen (secondary N) is 1. The fourth-order valence-corrected chi connectivity index (χ4v) is 2.17. The topological polar surface area (TPSA) is 60.2 Å². The Kier molecular flexibility index (Phi) is 5.44. The first-order chi connectivity index (χ1) is 10.1. The van der Waals surface area contributed by atoms with Gasteiger partial charge in [-0.15, -0.1) is 0 Å². The molecule has 0 spiro atoms. The van der Waals surface area contributed by atoms with Crippen LogP contribution in [0.3, 0.4) is 0 Å². The molecule has 1 aromatic carbocycles. The van der Waals surface area contributed by atoms with Gasteiger partial charge in [0.15, 0.2) is 0 Å². The fraction of sp³-hybridized carbons (Fsp3) is 0.312. The average molecular weight is 350 g/mol. The molecule has 0 radical (unpaired) electrons. The van der Waals surface area contributed by atoms with Gasteiger partial charge in [-0.1, -0.05) is 35.0 Å². The molecule has 1 aromatic heterocycles. The van der Waals surface area contributed by atoms with Gasteiger partial charge >= 0.3 is 0 Å². The van der Waals surface area contributed by atoms with Gasteiger partial charge in [0.2, 0.25) is 5.88 Å². The second-order valence-corrected chi connectivity index (χ2v) is 5.77. The van der Waals surface area contributed by atoms with Gasteiger partial charge in [-0.05, 0) is 43.2 Å². The smallest absolute Gasteiger partial charge is 0.239 e. The first-order valence-electron chi connectivity index (χ1n) is 7.01. The van der Waals surface area contributed by atoms with Crippen molar-refractivity contribution in [2.75, 3.05) is 17.7 Å². The molecule has 0 aliphatic heterocycles. The van der Waals surface area contributed by atoms with Gasteiger partial charge in [-0.25, -0.2) is 0 Å². The van der Waals surface area contributed by atoms with Crippen molar-refractivity contribution in [2.45, 2.75) is 26.3 Å². The van der Waals surface area contributed by atoms with Gasteiger partial charge in [-0.3, -0.25) is 0 Å². The minimum atomic E-state index is 0.147. The molecule has 0 saturated carbocycles. The number of halogens is 1. The van der Waals surface area contributed by atoms with Gasteiger partial charge in [0.05, 0.1) is 12.3 Å². The summed E-state index contributed by atoms with van der Waals surface area (Å²) in [4.78, 5) is 4.43. The normalized spacial score (nSPS) is 12.0. The van der Waals surface area contributed by atoms with E-state index in [1.54, 1.807) is 0 Å². The van der Waals surface area contributed by atoms with Crippen molar-refractivity contribution in [1.82, 2.24) is 4.98 Å². The second kappa shape index (κ2) is 7.31. The summed E-state index contributed by atoms with van der Waals surface area (Å²) in [5, 5.41) is 3.36. The number of benzene rings is 1. The summed E-state index contributed by atoms with van der Waals surface area (Å²) in [6, 6.07) is 12.0. The Morgan fingerprint density at radius 1 is 1.24 bits per heavy atom. The summed E-state index contributed by atoms with van der Waals surface area (Å²) in [6.45, 7) is 4.75. The minimum Gasteiger partial charge on any atom is -0.476 e. The number of aromatic nitrogens is 1. The summed E-state index contributed by atoms with van der Waals surface area (Å²) < 4.78 is 6.62. The predicted molar refractivity (Wildman–Crippen MR) is 90.6 cm³/mol. The number of nitrogens with zero attached hydrogens (tertiary/aromatic N) is 1. The lowest BCUT2D eigenvalue weighted by Crippen LogP contribution is -2.09. The summed E-state index contributed by atoms with van der Waals surface area (Å²) in [7, 11) is 0. The standard InChI is InChI=1S/C16H20BrN3O/c1-3-10-21-16-14(18)8-9-15(20-16)19-11(2)12-4-6-13(17)7-5-12/h4-9,11H,3,10,18H2,1-2H3,(H,19,20). The molecule has 0 fully saturated rings. The van der Waals surface area contributed by atoms with Crippen LogP contribution in [0.2, 0.25) is 0 Å². The molecular weight excluding hydrogens is 330 g/mol. The minimum absolute atomic E-state index is 0.147. The third kappa shape index (κ3) is 4.36. The molecule has 1 atom stereocenters. The molecule has 1 unspecified atom stereocenters. The Hall–Kier alpha value is -1.75. The van der Waals surface area contributed by atoms with Crippen LogP contribution in [0, 0.1) is 0 Å². The van der Waals surface area contributed by atoms with E-state index in [0.717, 1.165) is 16.7 Å². The lowest BCUT2D eigenvalue weighted by Gasteiger charge is -2.16. The zero-order valence-electron chi connectivity index (χ0n) is 12.3.